The lowest BCUT2D eigenvalue weighted by Gasteiger charge is -2.20. The SMILES string of the molecule is OC1CCCN1CC(F)(F)F. The second-order valence-corrected chi connectivity index (χ2v) is 2.71. The van der Waals surface area contributed by atoms with Crippen molar-refractivity contribution in [3.63, 3.8) is 0 Å². The summed E-state index contributed by atoms with van der Waals surface area (Å²) in [5, 5.41) is 8.98. The molecular formula is C6H10F3NO. The first-order chi connectivity index (χ1) is 4.99. The van der Waals surface area contributed by atoms with Crippen molar-refractivity contribution in [3.8, 4) is 0 Å². The molecule has 0 aromatic carbocycles. The molecule has 0 aliphatic carbocycles. The van der Waals surface area contributed by atoms with Gasteiger partial charge in [0.1, 0.15) is 6.23 Å². The lowest BCUT2D eigenvalue weighted by molar-refractivity contribution is -0.159. The predicted molar refractivity (Wildman–Crippen MR) is 32.9 cm³/mol. The quantitative estimate of drug-likeness (QED) is 0.632. The summed E-state index contributed by atoms with van der Waals surface area (Å²) in [5.74, 6) is 0. The Morgan fingerprint density at radius 2 is 2.09 bits per heavy atom. The lowest BCUT2D eigenvalue weighted by atomic mass is 10.4. The van der Waals surface area contributed by atoms with Crippen LogP contribution in [0.5, 0.6) is 0 Å². The van der Waals surface area contributed by atoms with Gasteiger partial charge in [-0.1, -0.05) is 0 Å². The van der Waals surface area contributed by atoms with E-state index in [1.807, 2.05) is 0 Å². The molecule has 1 heterocycles. The molecule has 11 heavy (non-hydrogen) atoms. The van der Waals surface area contributed by atoms with Gasteiger partial charge in [0.25, 0.3) is 0 Å². The normalized spacial score (nSPS) is 27.8. The average molecular weight is 169 g/mol. The van der Waals surface area contributed by atoms with E-state index >= 15 is 0 Å². The van der Waals surface area contributed by atoms with Crippen molar-refractivity contribution in [2.24, 2.45) is 0 Å². The summed E-state index contributed by atoms with van der Waals surface area (Å²) in [4.78, 5) is 1.04. The Hall–Kier alpha value is -0.290. The van der Waals surface area contributed by atoms with E-state index in [0.29, 0.717) is 19.4 Å². The molecule has 2 nitrogen and oxygen atoms in total. The number of hydrogen-bond acceptors (Lipinski definition) is 2. The molecule has 0 aromatic heterocycles. The van der Waals surface area contributed by atoms with E-state index in [1.165, 1.54) is 0 Å². The largest absolute Gasteiger partial charge is 0.401 e. The van der Waals surface area contributed by atoms with Crippen LogP contribution in [0.3, 0.4) is 0 Å². The van der Waals surface area contributed by atoms with Crippen LogP contribution in [0.1, 0.15) is 12.8 Å². The second kappa shape index (κ2) is 2.98. The summed E-state index contributed by atoms with van der Waals surface area (Å²) < 4.78 is 35.2. The summed E-state index contributed by atoms with van der Waals surface area (Å²) >= 11 is 0. The molecule has 1 unspecified atom stereocenters. The first-order valence-corrected chi connectivity index (χ1v) is 3.48. The first-order valence-electron chi connectivity index (χ1n) is 3.48. The standard InChI is InChI=1S/C6H10F3NO/c7-6(8,9)4-10-3-1-2-5(10)11/h5,11H,1-4H2. The Bertz CT molecular complexity index is 136. The molecule has 1 atom stereocenters. The van der Waals surface area contributed by atoms with Crippen LogP contribution in [0.2, 0.25) is 0 Å². The number of hydrogen-bond donors (Lipinski definition) is 1. The van der Waals surface area contributed by atoms with Crippen LogP contribution in [0.15, 0.2) is 0 Å². The van der Waals surface area contributed by atoms with Crippen molar-refractivity contribution in [1.29, 1.82) is 0 Å². The Kier molecular flexibility index (Phi) is 2.39. The maximum absolute atomic E-state index is 11.7. The molecule has 1 fully saturated rings. The third-order valence-corrected chi connectivity index (χ3v) is 1.71. The van der Waals surface area contributed by atoms with Gasteiger partial charge in [-0.3, -0.25) is 4.90 Å². The summed E-state index contributed by atoms with van der Waals surface area (Å²) in [6.07, 6.45) is -3.98. The molecule has 1 N–H and O–H groups in total. The van der Waals surface area contributed by atoms with Crippen molar-refractivity contribution < 1.29 is 18.3 Å². The number of alkyl halides is 3. The zero-order valence-electron chi connectivity index (χ0n) is 5.93. The molecule has 1 saturated heterocycles. The third kappa shape index (κ3) is 2.67. The maximum Gasteiger partial charge on any atom is 0.401 e. The zero-order chi connectivity index (χ0) is 8.48. The fraction of sp³-hybridized carbons (Fsp3) is 1.00. The zero-order valence-corrected chi connectivity index (χ0v) is 5.93. The molecule has 66 valence electrons. The van der Waals surface area contributed by atoms with Crippen LogP contribution < -0.4 is 0 Å². The Morgan fingerprint density at radius 3 is 2.45 bits per heavy atom. The van der Waals surface area contributed by atoms with Gasteiger partial charge in [0.05, 0.1) is 6.54 Å². The molecule has 1 aliphatic rings. The van der Waals surface area contributed by atoms with Gasteiger partial charge >= 0.3 is 6.18 Å². The second-order valence-electron chi connectivity index (χ2n) is 2.71. The lowest BCUT2D eigenvalue weighted by Crippen LogP contribution is -2.37. The fourth-order valence-electron chi connectivity index (χ4n) is 1.22. The van der Waals surface area contributed by atoms with Crippen molar-refractivity contribution in [3.05, 3.63) is 0 Å². The number of aliphatic hydroxyl groups is 1. The van der Waals surface area contributed by atoms with Crippen LogP contribution in [-0.4, -0.2) is 35.5 Å². The van der Waals surface area contributed by atoms with Crippen LogP contribution in [0.4, 0.5) is 13.2 Å². The van der Waals surface area contributed by atoms with Crippen molar-refractivity contribution in [1.82, 2.24) is 4.90 Å². The highest BCUT2D eigenvalue weighted by Crippen LogP contribution is 2.22. The van der Waals surface area contributed by atoms with Gasteiger partial charge in [0.2, 0.25) is 0 Å². The molecular weight excluding hydrogens is 159 g/mol. The minimum absolute atomic E-state index is 0.348. The number of rotatable bonds is 1. The van der Waals surface area contributed by atoms with Crippen LogP contribution in [0, 0.1) is 0 Å². The number of halogens is 3. The van der Waals surface area contributed by atoms with E-state index in [9.17, 15) is 13.2 Å². The first kappa shape index (κ1) is 8.80. The van der Waals surface area contributed by atoms with Gasteiger partial charge in [-0.15, -0.1) is 0 Å². The predicted octanol–water partition coefficient (Wildman–Crippen LogP) is 0.963. The highest BCUT2D eigenvalue weighted by Gasteiger charge is 2.35. The molecule has 0 spiro atoms. The topological polar surface area (TPSA) is 23.5 Å². The molecule has 0 radical (unpaired) electrons. The van der Waals surface area contributed by atoms with E-state index in [-0.39, 0.29) is 0 Å². The number of aliphatic hydroxyl groups excluding tert-OH is 1. The van der Waals surface area contributed by atoms with E-state index in [4.69, 9.17) is 5.11 Å². The molecule has 0 amide bonds. The summed E-state index contributed by atoms with van der Waals surface area (Å²) in [7, 11) is 0. The molecule has 0 bridgehead atoms. The minimum Gasteiger partial charge on any atom is -0.378 e. The number of nitrogens with zero attached hydrogens (tertiary/aromatic N) is 1. The number of likely N-dealkylation sites (tertiary alicyclic amines) is 1. The summed E-state index contributed by atoms with van der Waals surface area (Å²) in [6, 6.07) is 0. The Balaban J connectivity index is 2.37. The van der Waals surface area contributed by atoms with Gasteiger partial charge in [-0.2, -0.15) is 13.2 Å². The van der Waals surface area contributed by atoms with Crippen molar-refractivity contribution in [2.45, 2.75) is 25.2 Å². The highest BCUT2D eigenvalue weighted by atomic mass is 19.4. The molecule has 0 saturated carbocycles. The molecule has 5 heteroatoms. The van der Waals surface area contributed by atoms with E-state index < -0.39 is 18.9 Å². The van der Waals surface area contributed by atoms with E-state index in [2.05, 4.69) is 0 Å². The fourth-order valence-corrected chi connectivity index (χ4v) is 1.22. The van der Waals surface area contributed by atoms with Crippen LogP contribution >= 0.6 is 0 Å². The maximum atomic E-state index is 11.7. The van der Waals surface area contributed by atoms with Gasteiger partial charge in [-0.25, -0.2) is 0 Å². The third-order valence-electron chi connectivity index (χ3n) is 1.71. The van der Waals surface area contributed by atoms with Crippen LogP contribution in [0.25, 0.3) is 0 Å². The monoisotopic (exact) mass is 169 g/mol. The average Bonchev–Trinajstić information content (AvgIpc) is 2.12. The minimum atomic E-state index is -4.19. The molecule has 1 aliphatic heterocycles. The van der Waals surface area contributed by atoms with Gasteiger partial charge < -0.3 is 5.11 Å². The van der Waals surface area contributed by atoms with Gasteiger partial charge in [0, 0.05) is 6.54 Å². The van der Waals surface area contributed by atoms with E-state index in [1.54, 1.807) is 0 Å². The van der Waals surface area contributed by atoms with Gasteiger partial charge in [0.15, 0.2) is 0 Å². The van der Waals surface area contributed by atoms with Crippen molar-refractivity contribution in [2.75, 3.05) is 13.1 Å². The van der Waals surface area contributed by atoms with Gasteiger partial charge in [-0.05, 0) is 12.8 Å². The summed E-state index contributed by atoms with van der Waals surface area (Å²) in [5.41, 5.74) is 0. The summed E-state index contributed by atoms with van der Waals surface area (Å²) in [6.45, 7) is -0.644. The molecule has 1 rings (SSSR count). The smallest absolute Gasteiger partial charge is 0.378 e. The van der Waals surface area contributed by atoms with Crippen molar-refractivity contribution >= 4 is 0 Å². The highest BCUT2D eigenvalue weighted by molar-refractivity contribution is 4.72. The molecule has 0 aromatic rings. The Morgan fingerprint density at radius 1 is 1.45 bits per heavy atom. The van der Waals surface area contributed by atoms with E-state index in [0.717, 1.165) is 4.90 Å². The Labute approximate surface area is 62.6 Å². The van der Waals surface area contributed by atoms with Crippen LogP contribution in [-0.2, 0) is 0 Å².